The summed E-state index contributed by atoms with van der Waals surface area (Å²) in [5.41, 5.74) is 5.65. The summed E-state index contributed by atoms with van der Waals surface area (Å²) in [7, 11) is 0. The first-order chi connectivity index (χ1) is 7.65. The molecule has 0 atom stereocenters. The smallest absolute Gasteiger partial charge is 0.217 e. The standard InChI is InChI=1S/C10H16N4OS/c1-7(15)13-8-2-4-14(5-3-8)10-12-6-9(11)16-10/h6,8H,2-5,11H2,1H3,(H,13,15). The summed E-state index contributed by atoms with van der Waals surface area (Å²) in [6.07, 6.45) is 3.64. The summed E-state index contributed by atoms with van der Waals surface area (Å²) in [5, 5.41) is 4.69. The van der Waals surface area contributed by atoms with Crippen molar-refractivity contribution >= 4 is 27.4 Å². The highest BCUT2D eigenvalue weighted by atomic mass is 32.1. The molecule has 0 saturated carbocycles. The molecule has 0 bridgehead atoms. The molecule has 88 valence electrons. The highest BCUT2D eigenvalue weighted by Crippen LogP contribution is 2.26. The molecule has 1 amide bonds. The second-order valence-corrected chi connectivity index (χ2v) is 5.05. The van der Waals surface area contributed by atoms with Gasteiger partial charge in [-0.2, -0.15) is 0 Å². The van der Waals surface area contributed by atoms with Crippen LogP contribution < -0.4 is 16.0 Å². The number of anilines is 2. The minimum Gasteiger partial charge on any atom is -0.389 e. The number of nitrogens with one attached hydrogen (secondary N) is 1. The maximum atomic E-state index is 10.9. The molecule has 0 unspecified atom stereocenters. The quantitative estimate of drug-likeness (QED) is 0.803. The molecule has 0 aromatic carbocycles. The fourth-order valence-electron chi connectivity index (χ4n) is 1.93. The van der Waals surface area contributed by atoms with Gasteiger partial charge in [0.2, 0.25) is 5.91 Å². The van der Waals surface area contributed by atoms with Crippen LogP contribution >= 0.6 is 11.3 Å². The monoisotopic (exact) mass is 240 g/mol. The minimum atomic E-state index is 0.0527. The van der Waals surface area contributed by atoms with Gasteiger partial charge in [0, 0.05) is 26.1 Å². The van der Waals surface area contributed by atoms with Crippen molar-refractivity contribution < 1.29 is 4.79 Å². The predicted molar refractivity (Wildman–Crippen MR) is 65.6 cm³/mol. The second kappa shape index (κ2) is 4.69. The van der Waals surface area contributed by atoms with Gasteiger partial charge in [-0.05, 0) is 12.8 Å². The molecule has 1 aliphatic rings. The minimum absolute atomic E-state index is 0.0527. The first-order valence-corrected chi connectivity index (χ1v) is 6.20. The Morgan fingerprint density at radius 2 is 2.31 bits per heavy atom. The number of nitrogen functional groups attached to an aromatic ring is 1. The number of nitrogens with zero attached hydrogens (tertiary/aromatic N) is 2. The molecule has 0 spiro atoms. The van der Waals surface area contributed by atoms with E-state index in [1.165, 1.54) is 11.3 Å². The van der Waals surface area contributed by atoms with E-state index in [2.05, 4.69) is 15.2 Å². The van der Waals surface area contributed by atoms with Gasteiger partial charge in [-0.15, -0.1) is 0 Å². The first-order valence-electron chi connectivity index (χ1n) is 5.38. The lowest BCUT2D eigenvalue weighted by Crippen LogP contribution is -2.44. The molecule has 1 aromatic rings. The number of hydrogen-bond acceptors (Lipinski definition) is 5. The van der Waals surface area contributed by atoms with Gasteiger partial charge in [0.1, 0.15) is 5.00 Å². The summed E-state index contributed by atoms with van der Waals surface area (Å²) < 4.78 is 0. The van der Waals surface area contributed by atoms with Crippen molar-refractivity contribution in [3.05, 3.63) is 6.20 Å². The van der Waals surface area contributed by atoms with Gasteiger partial charge in [-0.3, -0.25) is 4.79 Å². The third-order valence-electron chi connectivity index (χ3n) is 2.68. The summed E-state index contributed by atoms with van der Waals surface area (Å²) in [6.45, 7) is 3.42. The Hall–Kier alpha value is -1.30. The normalized spacial score (nSPS) is 17.4. The van der Waals surface area contributed by atoms with Crippen molar-refractivity contribution in [3.63, 3.8) is 0 Å². The Morgan fingerprint density at radius 1 is 1.62 bits per heavy atom. The van der Waals surface area contributed by atoms with E-state index in [4.69, 9.17) is 5.73 Å². The zero-order chi connectivity index (χ0) is 11.5. The van der Waals surface area contributed by atoms with E-state index in [1.807, 2.05) is 0 Å². The molecule has 1 saturated heterocycles. The molecular formula is C10H16N4OS. The van der Waals surface area contributed by atoms with Crippen molar-refractivity contribution in [2.75, 3.05) is 23.7 Å². The van der Waals surface area contributed by atoms with Crippen LogP contribution in [-0.4, -0.2) is 30.0 Å². The molecule has 0 radical (unpaired) electrons. The highest BCUT2D eigenvalue weighted by molar-refractivity contribution is 7.19. The number of hydrogen-bond donors (Lipinski definition) is 2. The lowest BCUT2D eigenvalue weighted by Gasteiger charge is -2.31. The van der Waals surface area contributed by atoms with E-state index in [0.717, 1.165) is 36.1 Å². The molecule has 1 aromatic heterocycles. The van der Waals surface area contributed by atoms with E-state index in [1.54, 1.807) is 13.1 Å². The van der Waals surface area contributed by atoms with Gasteiger partial charge in [-0.1, -0.05) is 11.3 Å². The lowest BCUT2D eigenvalue weighted by molar-refractivity contribution is -0.119. The maximum Gasteiger partial charge on any atom is 0.217 e. The number of amides is 1. The number of carbonyl (C=O) groups is 1. The molecule has 3 N–H and O–H groups in total. The number of carbonyl (C=O) groups excluding carboxylic acids is 1. The van der Waals surface area contributed by atoms with Crippen molar-refractivity contribution in [2.24, 2.45) is 0 Å². The van der Waals surface area contributed by atoms with Crippen LogP contribution in [0.25, 0.3) is 0 Å². The Labute approximate surface area is 98.7 Å². The van der Waals surface area contributed by atoms with Crippen LogP contribution in [0.5, 0.6) is 0 Å². The number of nitrogens with two attached hydrogens (primary N) is 1. The predicted octanol–water partition coefficient (Wildman–Crippen LogP) is 0.830. The zero-order valence-corrected chi connectivity index (χ0v) is 10.1. The van der Waals surface area contributed by atoms with E-state index < -0.39 is 0 Å². The fraction of sp³-hybridized carbons (Fsp3) is 0.600. The molecule has 1 fully saturated rings. The topological polar surface area (TPSA) is 71.2 Å². The molecule has 2 rings (SSSR count). The summed E-state index contributed by atoms with van der Waals surface area (Å²) >= 11 is 1.51. The van der Waals surface area contributed by atoms with Gasteiger partial charge in [0.25, 0.3) is 0 Å². The van der Waals surface area contributed by atoms with Crippen LogP contribution in [0, 0.1) is 0 Å². The number of piperidine rings is 1. The SMILES string of the molecule is CC(=O)NC1CCN(c2ncc(N)s2)CC1. The Balaban J connectivity index is 1.87. The van der Waals surface area contributed by atoms with Crippen LogP contribution in [0.1, 0.15) is 19.8 Å². The fourth-order valence-corrected chi connectivity index (χ4v) is 2.66. The first kappa shape index (κ1) is 11.2. The average molecular weight is 240 g/mol. The van der Waals surface area contributed by atoms with E-state index in [9.17, 15) is 4.79 Å². The van der Waals surface area contributed by atoms with E-state index in [-0.39, 0.29) is 5.91 Å². The highest BCUT2D eigenvalue weighted by Gasteiger charge is 2.21. The molecule has 0 aliphatic carbocycles. The molecule has 6 heteroatoms. The van der Waals surface area contributed by atoms with Crippen molar-refractivity contribution in [2.45, 2.75) is 25.8 Å². The Bertz CT molecular complexity index is 371. The molecule has 2 heterocycles. The molecule has 16 heavy (non-hydrogen) atoms. The summed E-state index contributed by atoms with van der Waals surface area (Å²) in [5.74, 6) is 0.0527. The van der Waals surface area contributed by atoms with Gasteiger partial charge in [-0.25, -0.2) is 4.98 Å². The Morgan fingerprint density at radius 3 is 2.81 bits per heavy atom. The summed E-state index contributed by atoms with van der Waals surface area (Å²) in [4.78, 5) is 17.4. The van der Waals surface area contributed by atoms with Crippen molar-refractivity contribution in [1.82, 2.24) is 10.3 Å². The Kier molecular flexibility index (Phi) is 3.28. The van der Waals surface area contributed by atoms with Crippen molar-refractivity contribution in [3.8, 4) is 0 Å². The van der Waals surface area contributed by atoms with E-state index in [0.29, 0.717) is 6.04 Å². The average Bonchev–Trinajstić information content (AvgIpc) is 2.65. The third kappa shape index (κ3) is 2.63. The van der Waals surface area contributed by atoms with Crippen LogP contribution in [-0.2, 0) is 4.79 Å². The number of rotatable bonds is 2. The van der Waals surface area contributed by atoms with E-state index >= 15 is 0 Å². The molecular weight excluding hydrogens is 224 g/mol. The van der Waals surface area contributed by atoms with Gasteiger partial charge >= 0.3 is 0 Å². The van der Waals surface area contributed by atoms with Crippen molar-refractivity contribution in [1.29, 1.82) is 0 Å². The van der Waals surface area contributed by atoms with Gasteiger partial charge in [0.15, 0.2) is 5.13 Å². The second-order valence-electron chi connectivity index (χ2n) is 4.01. The lowest BCUT2D eigenvalue weighted by atomic mass is 10.1. The zero-order valence-electron chi connectivity index (χ0n) is 9.27. The van der Waals surface area contributed by atoms with Gasteiger partial charge < -0.3 is 16.0 Å². The van der Waals surface area contributed by atoms with Crippen LogP contribution in [0.15, 0.2) is 6.20 Å². The van der Waals surface area contributed by atoms with Crippen LogP contribution in [0.4, 0.5) is 10.1 Å². The molecule has 5 nitrogen and oxygen atoms in total. The van der Waals surface area contributed by atoms with Crippen LogP contribution in [0.2, 0.25) is 0 Å². The summed E-state index contributed by atoms with van der Waals surface area (Å²) in [6, 6.07) is 0.311. The maximum absolute atomic E-state index is 10.9. The van der Waals surface area contributed by atoms with Crippen LogP contribution in [0.3, 0.4) is 0 Å². The largest absolute Gasteiger partial charge is 0.389 e. The number of aromatic nitrogens is 1. The van der Waals surface area contributed by atoms with Gasteiger partial charge in [0.05, 0.1) is 6.20 Å². The third-order valence-corrected chi connectivity index (χ3v) is 3.57. The number of thiazole rings is 1. The molecule has 1 aliphatic heterocycles.